The van der Waals surface area contributed by atoms with E-state index in [1.165, 1.54) is 11.3 Å². The molecule has 6 heteroatoms. The van der Waals surface area contributed by atoms with Gasteiger partial charge in [-0.2, -0.15) is 0 Å². The highest BCUT2D eigenvalue weighted by atomic mass is 32.2. The van der Waals surface area contributed by atoms with Crippen molar-refractivity contribution < 1.29 is 8.42 Å². The lowest BCUT2D eigenvalue weighted by molar-refractivity contribution is 0.583. The van der Waals surface area contributed by atoms with E-state index in [2.05, 4.69) is 10.0 Å². The monoisotopic (exact) mass is 262 g/mol. The second-order valence-electron chi connectivity index (χ2n) is 3.41. The smallest absolute Gasteiger partial charge is 0.241 e. The summed E-state index contributed by atoms with van der Waals surface area (Å²) in [6.45, 7) is 7.66. The normalized spacial score (nSPS) is 11.9. The molecule has 92 valence electrons. The molecule has 0 aliphatic carbocycles. The molecule has 4 nitrogen and oxygen atoms in total. The molecular weight excluding hydrogens is 244 g/mol. The van der Waals surface area contributed by atoms with Crippen molar-refractivity contribution >= 4 is 21.4 Å². The first-order chi connectivity index (χ1) is 7.51. The summed E-state index contributed by atoms with van der Waals surface area (Å²) < 4.78 is 26.1. The van der Waals surface area contributed by atoms with Crippen LogP contribution in [0.1, 0.15) is 23.6 Å². The van der Waals surface area contributed by atoms with Gasteiger partial charge >= 0.3 is 0 Å². The molecule has 0 atom stereocenters. The van der Waals surface area contributed by atoms with Crippen LogP contribution in [0.4, 0.5) is 0 Å². The average molecular weight is 262 g/mol. The molecular formula is C10H18N2O2S2. The number of hydrogen-bond acceptors (Lipinski definition) is 4. The lowest BCUT2D eigenvalue weighted by Crippen LogP contribution is -2.23. The highest BCUT2D eigenvalue weighted by Gasteiger charge is 2.18. The number of nitrogens with one attached hydrogen (secondary N) is 2. The molecule has 0 spiro atoms. The molecule has 1 aromatic rings. The van der Waals surface area contributed by atoms with Crippen molar-refractivity contribution in [2.45, 2.75) is 32.2 Å². The van der Waals surface area contributed by atoms with E-state index in [1.807, 2.05) is 13.8 Å². The maximum absolute atomic E-state index is 11.8. The summed E-state index contributed by atoms with van der Waals surface area (Å²) in [5.74, 6) is 0. The minimum atomic E-state index is -3.31. The van der Waals surface area contributed by atoms with Crippen LogP contribution >= 0.6 is 11.3 Å². The Hall–Kier alpha value is -0.430. The minimum absolute atomic E-state index is 0.409. The Bertz CT molecular complexity index is 438. The molecule has 0 aliphatic heterocycles. The number of hydrogen-bond donors (Lipinski definition) is 2. The lowest BCUT2D eigenvalue weighted by Gasteiger charge is -2.02. The SMILES string of the molecule is CCNCc1cc(S(=O)(=O)NCC)c(C)s1. The second-order valence-corrected chi connectivity index (χ2v) is 6.49. The van der Waals surface area contributed by atoms with Gasteiger partial charge in [-0.3, -0.25) is 0 Å². The van der Waals surface area contributed by atoms with Gasteiger partial charge in [-0.1, -0.05) is 13.8 Å². The number of thiophene rings is 1. The van der Waals surface area contributed by atoms with E-state index in [1.54, 1.807) is 13.0 Å². The summed E-state index contributed by atoms with van der Waals surface area (Å²) >= 11 is 1.53. The van der Waals surface area contributed by atoms with Crippen molar-refractivity contribution in [3.05, 3.63) is 15.8 Å². The van der Waals surface area contributed by atoms with Crippen molar-refractivity contribution in [3.63, 3.8) is 0 Å². The summed E-state index contributed by atoms with van der Waals surface area (Å²) in [5.41, 5.74) is 0. The summed E-state index contributed by atoms with van der Waals surface area (Å²) in [6, 6.07) is 1.75. The zero-order valence-electron chi connectivity index (χ0n) is 9.83. The standard InChI is InChI=1S/C10H18N2O2S2/c1-4-11-7-9-6-10(8(3)15-9)16(13,14)12-5-2/h6,11-12H,4-5,7H2,1-3H3. The molecule has 0 saturated carbocycles. The van der Waals surface area contributed by atoms with Gasteiger partial charge in [0, 0.05) is 22.8 Å². The van der Waals surface area contributed by atoms with Gasteiger partial charge in [0.2, 0.25) is 10.0 Å². The van der Waals surface area contributed by atoms with Crippen LogP contribution in [0.25, 0.3) is 0 Å². The Balaban J connectivity index is 2.93. The Labute approximate surface area is 101 Å². The first-order valence-corrected chi connectivity index (χ1v) is 7.61. The van der Waals surface area contributed by atoms with Gasteiger partial charge in [0.05, 0.1) is 4.90 Å². The van der Waals surface area contributed by atoms with E-state index in [0.29, 0.717) is 11.4 Å². The highest BCUT2D eigenvalue weighted by Crippen LogP contribution is 2.25. The topological polar surface area (TPSA) is 58.2 Å². The van der Waals surface area contributed by atoms with Crippen LogP contribution < -0.4 is 10.0 Å². The van der Waals surface area contributed by atoms with Crippen molar-refractivity contribution in [3.8, 4) is 0 Å². The largest absolute Gasteiger partial charge is 0.312 e. The molecule has 16 heavy (non-hydrogen) atoms. The van der Waals surface area contributed by atoms with Crippen LogP contribution in [0.15, 0.2) is 11.0 Å². The van der Waals surface area contributed by atoms with Crippen LogP contribution in [0.2, 0.25) is 0 Å². The summed E-state index contributed by atoms with van der Waals surface area (Å²) in [6.07, 6.45) is 0. The van der Waals surface area contributed by atoms with Crippen molar-refractivity contribution in [2.24, 2.45) is 0 Å². The third-order valence-corrected chi connectivity index (χ3v) is 4.95. The van der Waals surface area contributed by atoms with Gasteiger partial charge in [0.25, 0.3) is 0 Å². The molecule has 0 bridgehead atoms. The van der Waals surface area contributed by atoms with E-state index in [4.69, 9.17) is 0 Å². The molecule has 0 radical (unpaired) electrons. The molecule has 0 fully saturated rings. The van der Waals surface area contributed by atoms with Gasteiger partial charge in [-0.25, -0.2) is 13.1 Å². The fraction of sp³-hybridized carbons (Fsp3) is 0.600. The fourth-order valence-electron chi connectivity index (χ4n) is 1.39. The van der Waals surface area contributed by atoms with Crippen LogP contribution in [-0.4, -0.2) is 21.5 Å². The molecule has 1 rings (SSSR count). The first kappa shape index (κ1) is 13.6. The second kappa shape index (κ2) is 5.77. The maximum atomic E-state index is 11.8. The summed E-state index contributed by atoms with van der Waals surface area (Å²) in [4.78, 5) is 2.30. The molecule has 2 N–H and O–H groups in total. The molecule has 0 unspecified atom stereocenters. The Morgan fingerprint density at radius 3 is 2.56 bits per heavy atom. The van der Waals surface area contributed by atoms with E-state index in [-0.39, 0.29) is 0 Å². The quantitative estimate of drug-likeness (QED) is 0.816. The van der Waals surface area contributed by atoms with Crippen LogP contribution in [-0.2, 0) is 16.6 Å². The fourth-order valence-corrected chi connectivity index (χ4v) is 4.04. The number of sulfonamides is 1. The van der Waals surface area contributed by atoms with Gasteiger partial charge < -0.3 is 5.32 Å². The van der Waals surface area contributed by atoms with Gasteiger partial charge in [0.15, 0.2) is 0 Å². The van der Waals surface area contributed by atoms with Crippen molar-refractivity contribution in [2.75, 3.05) is 13.1 Å². The van der Waals surface area contributed by atoms with E-state index in [0.717, 1.165) is 22.8 Å². The Morgan fingerprint density at radius 2 is 2.00 bits per heavy atom. The van der Waals surface area contributed by atoms with Crippen molar-refractivity contribution in [1.29, 1.82) is 0 Å². The van der Waals surface area contributed by atoms with Gasteiger partial charge in [0.1, 0.15) is 0 Å². The van der Waals surface area contributed by atoms with Crippen LogP contribution in [0.3, 0.4) is 0 Å². The molecule has 0 aliphatic rings. The van der Waals surface area contributed by atoms with E-state index >= 15 is 0 Å². The third kappa shape index (κ3) is 3.28. The van der Waals surface area contributed by atoms with Crippen molar-refractivity contribution in [1.82, 2.24) is 10.0 Å². The maximum Gasteiger partial charge on any atom is 0.241 e. The average Bonchev–Trinajstić information content (AvgIpc) is 2.57. The predicted octanol–water partition coefficient (Wildman–Crippen LogP) is 1.46. The van der Waals surface area contributed by atoms with Crippen LogP contribution in [0.5, 0.6) is 0 Å². The lowest BCUT2D eigenvalue weighted by atomic mass is 10.4. The molecule has 0 amide bonds. The molecule has 1 heterocycles. The highest BCUT2D eigenvalue weighted by molar-refractivity contribution is 7.89. The molecule has 0 saturated heterocycles. The van der Waals surface area contributed by atoms with E-state index < -0.39 is 10.0 Å². The minimum Gasteiger partial charge on any atom is -0.312 e. The zero-order valence-corrected chi connectivity index (χ0v) is 11.5. The number of aryl methyl sites for hydroxylation is 1. The van der Waals surface area contributed by atoms with Gasteiger partial charge in [-0.15, -0.1) is 11.3 Å². The molecule has 1 aromatic heterocycles. The predicted molar refractivity (Wildman–Crippen MR) is 67.3 cm³/mol. The summed E-state index contributed by atoms with van der Waals surface area (Å²) in [5, 5.41) is 3.18. The summed E-state index contributed by atoms with van der Waals surface area (Å²) in [7, 11) is -3.31. The van der Waals surface area contributed by atoms with Gasteiger partial charge in [-0.05, 0) is 19.5 Å². The first-order valence-electron chi connectivity index (χ1n) is 5.31. The number of rotatable bonds is 6. The Morgan fingerprint density at radius 1 is 1.31 bits per heavy atom. The van der Waals surface area contributed by atoms with Crippen LogP contribution in [0, 0.1) is 6.92 Å². The third-order valence-electron chi connectivity index (χ3n) is 2.10. The molecule has 0 aromatic carbocycles. The Kier molecular flexibility index (Phi) is 4.91. The van der Waals surface area contributed by atoms with E-state index in [9.17, 15) is 8.42 Å². The zero-order chi connectivity index (χ0) is 12.2.